The summed E-state index contributed by atoms with van der Waals surface area (Å²) < 4.78 is 9.95. The Balaban J connectivity index is 2.88. The molecule has 1 aromatic rings. The van der Waals surface area contributed by atoms with Gasteiger partial charge in [-0.15, -0.1) is 11.3 Å². The van der Waals surface area contributed by atoms with Crippen molar-refractivity contribution in [2.45, 2.75) is 40.5 Å². The van der Waals surface area contributed by atoms with Crippen molar-refractivity contribution in [2.75, 3.05) is 25.6 Å². The quantitative estimate of drug-likeness (QED) is 0.619. The van der Waals surface area contributed by atoms with Gasteiger partial charge in [-0.3, -0.25) is 14.4 Å². The average molecular weight is 398 g/mol. The molecule has 1 rings (SSSR count). The van der Waals surface area contributed by atoms with Crippen molar-refractivity contribution in [3.8, 4) is 0 Å². The van der Waals surface area contributed by atoms with Crippen LogP contribution in [0.1, 0.15) is 59.2 Å². The fourth-order valence-electron chi connectivity index (χ4n) is 2.17. The first kappa shape index (κ1) is 22.6. The molecule has 0 unspecified atom stereocenters. The second-order valence-electron chi connectivity index (χ2n) is 6.20. The Labute approximate surface area is 162 Å². The summed E-state index contributed by atoms with van der Waals surface area (Å²) in [4.78, 5) is 48.2. The van der Waals surface area contributed by atoms with E-state index in [1.54, 1.807) is 13.8 Å². The number of hydrogen-bond donors (Lipinski definition) is 2. The molecule has 0 fully saturated rings. The van der Waals surface area contributed by atoms with Gasteiger partial charge in [-0.05, 0) is 31.7 Å². The minimum absolute atomic E-state index is 0.125. The standard InChI is InChI=1S/C18H26N2O6S/c1-6-25-18(24)14-11(4)15(16(23)19-5)27-17(14)20-12(21)9-26-13(22)8-7-10(2)3/h10H,6-9H2,1-5H3,(H,19,23)(H,20,21). The van der Waals surface area contributed by atoms with Gasteiger partial charge in [0.25, 0.3) is 11.8 Å². The van der Waals surface area contributed by atoms with Crippen LogP contribution in [-0.4, -0.2) is 44.0 Å². The van der Waals surface area contributed by atoms with Crippen LogP contribution in [0.25, 0.3) is 0 Å². The minimum Gasteiger partial charge on any atom is -0.462 e. The number of nitrogens with one attached hydrogen (secondary N) is 2. The summed E-state index contributed by atoms with van der Waals surface area (Å²) in [5.74, 6) is -1.70. The maximum absolute atomic E-state index is 12.2. The van der Waals surface area contributed by atoms with E-state index < -0.39 is 24.5 Å². The van der Waals surface area contributed by atoms with Crippen molar-refractivity contribution in [1.29, 1.82) is 0 Å². The summed E-state index contributed by atoms with van der Waals surface area (Å²) in [7, 11) is 1.47. The molecular formula is C18H26N2O6S. The first-order chi connectivity index (χ1) is 12.7. The maximum atomic E-state index is 12.2. The highest BCUT2D eigenvalue weighted by molar-refractivity contribution is 7.18. The second-order valence-corrected chi connectivity index (χ2v) is 7.22. The Morgan fingerprint density at radius 3 is 2.37 bits per heavy atom. The van der Waals surface area contributed by atoms with Crippen LogP contribution in [0, 0.1) is 12.8 Å². The van der Waals surface area contributed by atoms with Crippen LogP contribution in [-0.2, 0) is 19.1 Å². The molecule has 0 aliphatic heterocycles. The fourth-order valence-corrected chi connectivity index (χ4v) is 3.33. The lowest BCUT2D eigenvalue weighted by Crippen LogP contribution is -2.21. The van der Waals surface area contributed by atoms with Crippen molar-refractivity contribution in [1.82, 2.24) is 5.32 Å². The highest BCUT2D eigenvalue weighted by Gasteiger charge is 2.26. The maximum Gasteiger partial charge on any atom is 0.341 e. The Kier molecular flexibility index (Phi) is 8.93. The third kappa shape index (κ3) is 6.67. The zero-order valence-corrected chi connectivity index (χ0v) is 17.1. The topological polar surface area (TPSA) is 111 Å². The molecule has 0 radical (unpaired) electrons. The highest BCUT2D eigenvalue weighted by Crippen LogP contribution is 2.33. The Hall–Kier alpha value is -2.42. The molecule has 0 saturated heterocycles. The molecule has 27 heavy (non-hydrogen) atoms. The van der Waals surface area contributed by atoms with Gasteiger partial charge in [-0.1, -0.05) is 13.8 Å². The number of carbonyl (C=O) groups is 4. The number of carbonyl (C=O) groups excluding carboxylic acids is 4. The van der Waals surface area contributed by atoms with E-state index in [0.29, 0.717) is 22.8 Å². The predicted octanol–water partition coefficient (Wildman–Crippen LogP) is 2.51. The zero-order chi connectivity index (χ0) is 20.6. The lowest BCUT2D eigenvalue weighted by Gasteiger charge is -2.08. The lowest BCUT2D eigenvalue weighted by molar-refractivity contribution is -0.147. The molecular weight excluding hydrogens is 372 g/mol. The molecule has 2 N–H and O–H groups in total. The molecule has 0 bridgehead atoms. The van der Waals surface area contributed by atoms with E-state index >= 15 is 0 Å². The Bertz CT molecular complexity index is 711. The van der Waals surface area contributed by atoms with Gasteiger partial charge in [0.15, 0.2) is 6.61 Å². The monoisotopic (exact) mass is 398 g/mol. The molecule has 9 heteroatoms. The first-order valence-electron chi connectivity index (χ1n) is 8.69. The molecule has 1 aromatic heterocycles. The van der Waals surface area contributed by atoms with Gasteiger partial charge in [0.1, 0.15) is 5.00 Å². The Morgan fingerprint density at radius 2 is 1.81 bits per heavy atom. The van der Waals surface area contributed by atoms with Gasteiger partial charge < -0.3 is 20.1 Å². The summed E-state index contributed by atoms with van der Waals surface area (Å²) in [5.41, 5.74) is 0.543. The third-order valence-electron chi connectivity index (χ3n) is 3.60. The van der Waals surface area contributed by atoms with Crippen molar-refractivity contribution in [3.05, 3.63) is 16.0 Å². The largest absolute Gasteiger partial charge is 0.462 e. The van der Waals surface area contributed by atoms with Crippen molar-refractivity contribution in [3.63, 3.8) is 0 Å². The van der Waals surface area contributed by atoms with E-state index in [2.05, 4.69) is 10.6 Å². The molecule has 2 amide bonds. The van der Waals surface area contributed by atoms with Crippen molar-refractivity contribution >= 4 is 40.1 Å². The average Bonchev–Trinajstić information content (AvgIpc) is 2.93. The molecule has 1 heterocycles. The van der Waals surface area contributed by atoms with Crippen LogP contribution >= 0.6 is 11.3 Å². The molecule has 150 valence electrons. The number of ether oxygens (including phenoxy) is 2. The van der Waals surface area contributed by atoms with Crippen molar-refractivity contribution < 1.29 is 28.7 Å². The second kappa shape index (κ2) is 10.7. The van der Waals surface area contributed by atoms with Gasteiger partial charge in [-0.2, -0.15) is 0 Å². The third-order valence-corrected chi connectivity index (χ3v) is 4.81. The Morgan fingerprint density at radius 1 is 1.15 bits per heavy atom. The molecule has 0 atom stereocenters. The SMILES string of the molecule is CCOC(=O)c1c(NC(=O)COC(=O)CCC(C)C)sc(C(=O)NC)c1C. The minimum atomic E-state index is -0.634. The summed E-state index contributed by atoms with van der Waals surface area (Å²) in [6.07, 6.45) is 0.908. The van der Waals surface area contributed by atoms with Crippen molar-refractivity contribution in [2.24, 2.45) is 5.92 Å². The van der Waals surface area contributed by atoms with Crippen LogP contribution in [0.5, 0.6) is 0 Å². The van der Waals surface area contributed by atoms with Crippen LogP contribution in [0.15, 0.2) is 0 Å². The van der Waals surface area contributed by atoms with E-state index in [1.807, 2.05) is 13.8 Å². The molecule has 0 spiro atoms. The van der Waals surface area contributed by atoms with E-state index in [1.165, 1.54) is 7.05 Å². The molecule has 8 nitrogen and oxygen atoms in total. The zero-order valence-electron chi connectivity index (χ0n) is 16.3. The summed E-state index contributed by atoms with van der Waals surface area (Å²) in [5, 5.41) is 5.21. The van der Waals surface area contributed by atoms with E-state index in [9.17, 15) is 19.2 Å². The molecule has 0 aliphatic carbocycles. The number of hydrogen-bond acceptors (Lipinski definition) is 7. The van der Waals surface area contributed by atoms with E-state index in [0.717, 1.165) is 11.3 Å². The first-order valence-corrected chi connectivity index (χ1v) is 9.50. The lowest BCUT2D eigenvalue weighted by atomic mass is 10.1. The number of esters is 2. The van der Waals surface area contributed by atoms with Gasteiger partial charge in [0, 0.05) is 13.5 Å². The molecule has 0 aromatic carbocycles. The van der Waals surface area contributed by atoms with Gasteiger partial charge in [0.05, 0.1) is 17.0 Å². The number of amides is 2. The number of anilines is 1. The van der Waals surface area contributed by atoms with E-state index in [-0.39, 0.29) is 29.5 Å². The number of rotatable bonds is 9. The highest BCUT2D eigenvalue weighted by atomic mass is 32.1. The van der Waals surface area contributed by atoms with Gasteiger partial charge in [0.2, 0.25) is 0 Å². The van der Waals surface area contributed by atoms with Gasteiger partial charge in [-0.25, -0.2) is 4.79 Å². The molecule has 0 saturated carbocycles. The van der Waals surface area contributed by atoms with Crippen LogP contribution in [0.4, 0.5) is 5.00 Å². The van der Waals surface area contributed by atoms with Crippen LogP contribution < -0.4 is 10.6 Å². The van der Waals surface area contributed by atoms with Crippen LogP contribution in [0.2, 0.25) is 0 Å². The summed E-state index contributed by atoms with van der Waals surface area (Å²) in [6, 6.07) is 0. The molecule has 0 aliphatic rings. The summed E-state index contributed by atoms with van der Waals surface area (Å²) in [6.45, 7) is 6.93. The van der Waals surface area contributed by atoms with Crippen LogP contribution in [0.3, 0.4) is 0 Å². The fraction of sp³-hybridized carbons (Fsp3) is 0.556. The summed E-state index contributed by atoms with van der Waals surface area (Å²) >= 11 is 0.964. The van der Waals surface area contributed by atoms with Gasteiger partial charge >= 0.3 is 11.9 Å². The van der Waals surface area contributed by atoms with E-state index in [4.69, 9.17) is 9.47 Å². The smallest absolute Gasteiger partial charge is 0.341 e. The normalized spacial score (nSPS) is 10.4. The number of thiophene rings is 1. The predicted molar refractivity (Wildman–Crippen MR) is 102 cm³/mol.